The molecule has 0 unspecified atom stereocenters. The highest BCUT2D eigenvalue weighted by atomic mass is 16.5. The molecule has 0 aliphatic rings. The van der Waals surface area contributed by atoms with Crippen LogP contribution in [0.3, 0.4) is 0 Å². The molecule has 88 valence electrons. The van der Waals surface area contributed by atoms with E-state index in [4.69, 9.17) is 4.52 Å². The summed E-state index contributed by atoms with van der Waals surface area (Å²) in [6.45, 7) is 0. The fraction of sp³-hybridized carbons (Fsp3) is 0.0625. The van der Waals surface area contributed by atoms with Crippen LogP contribution in [0.2, 0.25) is 0 Å². The van der Waals surface area contributed by atoms with Crippen LogP contribution in [0.5, 0.6) is 0 Å². The van der Waals surface area contributed by atoms with E-state index >= 15 is 0 Å². The molecule has 0 aliphatic heterocycles. The Bertz CT molecular complexity index is 641. The third kappa shape index (κ3) is 1.93. The van der Waals surface area contributed by atoms with Gasteiger partial charge in [-0.05, 0) is 16.9 Å². The fourth-order valence-electron chi connectivity index (χ4n) is 2.05. The molecule has 3 rings (SSSR count). The van der Waals surface area contributed by atoms with E-state index in [1.165, 1.54) is 0 Å². The highest BCUT2D eigenvalue weighted by Gasteiger charge is 2.18. The Morgan fingerprint density at radius 2 is 1.33 bits per heavy atom. The molecule has 3 aromatic rings. The number of rotatable bonds is 2. The zero-order valence-corrected chi connectivity index (χ0v) is 10.2. The first-order chi connectivity index (χ1) is 8.84. The van der Waals surface area contributed by atoms with Crippen LogP contribution in [0.1, 0.15) is 0 Å². The van der Waals surface area contributed by atoms with Crippen molar-refractivity contribution < 1.29 is 9.26 Å². The van der Waals surface area contributed by atoms with E-state index in [-0.39, 0.29) is 0 Å². The van der Waals surface area contributed by atoms with E-state index < -0.39 is 0 Å². The van der Waals surface area contributed by atoms with Gasteiger partial charge in [-0.15, -0.1) is 0 Å². The largest absolute Gasteiger partial charge is 0.262 e. The molecular weight excluding hydrogens is 222 g/mol. The third-order valence-corrected chi connectivity index (χ3v) is 2.97. The van der Waals surface area contributed by atoms with Crippen molar-refractivity contribution in [2.45, 2.75) is 0 Å². The van der Waals surface area contributed by atoms with Crippen molar-refractivity contribution in [1.82, 2.24) is 0 Å². The molecule has 0 fully saturated rings. The number of aromatic nitrogens is 1. The molecule has 0 amide bonds. The van der Waals surface area contributed by atoms with Gasteiger partial charge in [0, 0.05) is 5.56 Å². The summed E-state index contributed by atoms with van der Waals surface area (Å²) >= 11 is 0. The van der Waals surface area contributed by atoms with Gasteiger partial charge in [0.25, 0.3) is 5.69 Å². The normalized spacial score (nSPS) is 10.5. The van der Waals surface area contributed by atoms with Gasteiger partial charge < -0.3 is 0 Å². The van der Waals surface area contributed by atoms with E-state index in [1.54, 1.807) is 4.74 Å². The lowest BCUT2D eigenvalue weighted by molar-refractivity contribution is -0.834. The van der Waals surface area contributed by atoms with Crippen LogP contribution in [-0.4, -0.2) is 0 Å². The first kappa shape index (κ1) is 10.8. The predicted octanol–water partition coefficient (Wildman–Crippen LogP) is 3.44. The number of hydrogen-bond acceptors (Lipinski definition) is 1. The second kappa shape index (κ2) is 4.49. The summed E-state index contributed by atoms with van der Waals surface area (Å²) in [5, 5.41) is 0. The minimum Gasteiger partial charge on any atom is -0.236 e. The summed E-state index contributed by atoms with van der Waals surface area (Å²) < 4.78 is 7.58. The van der Waals surface area contributed by atoms with Crippen molar-refractivity contribution in [3.8, 4) is 22.6 Å². The topological polar surface area (TPSA) is 17.0 Å². The van der Waals surface area contributed by atoms with Gasteiger partial charge in [0.2, 0.25) is 5.76 Å². The van der Waals surface area contributed by atoms with Gasteiger partial charge in [-0.2, -0.15) is 0 Å². The molecule has 0 aliphatic carbocycles. The Kier molecular flexibility index (Phi) is 2.69. The third-order valence-electron chi connectivity index (χ3n) is 2.97. The first-order valence-corrected chi connectivity index (χ1v) is 5.96. The Morgan fingerprint density at radius 3 is 1.94 bits per heavy atom. The van der Waals surface area contributed by atoms with Gasteiger partial charge in [0.1, 0.15) is 0 Å². The molecule has 0 atom stereocenters. The molecule has 0 saturated heterocycles. The van der Waals surface area contributed by atoms with Gasteiger partial charge in [-0.3, -0.25) is 0 Å². The standard InChI is InChI=1S/C16H14NO/c1-17-15(13-8-4-2-5-9-13)12-16(18-17)14-10-6-3-7-11-14/h2-12H,1H3/q+1. The Balaban J connectivity index is 2.07. The fourth-order valence-corrected chi connectivity index (χ4v) is 2.05. The molecule has 0 N–H and O–H groups in total. The maximum Gasteiger partial charge on any atom is 0.262 e. The van der Waals surface area contributed by atoms with E-state index in [9.17, 15) is 0 Å². The molecule has 2 heteroatoms. The second-order valence-electron chi connectivity index (χ2n) is 4.21. The Morgan fingerprint density at radius 1 is 0.778 bits per heavy atom. The summed E-state index contributed by atoms with van der Waals surface area (Å²) in [6.07, 6.45) is 0. The number of aryl methyl sites for hydroxylation is 1. The second-order valence-corrected chi connectivity index (χ2v) is 4.21. The van der Waals surface area contributed by atoms with Crippen LogP contribution in [-0.2, 0) is 7.05 Å². The summed E-state index contributed by atoms with van der Waals surface area (Å²) in [6, 6.07) is 22.5. The van der Waals surface area contributed by atoms with Crippen molar-refractivity contribution >= 4 is 0 Å². The molecule has 2 nitrogen and oxygen atoms in total. The summed E-state index contributed by atoms with van der Waals surface area (Å²) in [7, 11) is 1.93. The van der Waals surface area contributed by atoms with E-state index in [2.05, 4.69) is 18.2 Å². The van der Waals surface area contributed by atoms with Crippen LogP contribution in [0.15, 0.2) is 71.3 Å². The van der Waals surface area contributed by atoms with Crippen molar-refractivity contribution in [2.75, 3.05) is 0 Å². The van der Waals surface area contributed by atoms with E-state index in [0.29, 0.717) is 0 Å². The monoisotopic (exact) mass is 236 g/mol. The van der Waals surface area contributed by atoms with Gasteiger partial charge in [0.15, 0.2) is 7.05 Å². The van der Waals surface area contributed by atoms with Crippen molar-refractivity contribution in [1.29, 1.82) is 0 Å². The van der Waals surface area contributed by atoms with Crippen molar-refractivity contribution in [3.05, 3.63) is 66.7 Å². The highest BCUT2D eigenvalue weighted by Crippen LogP contribution is 2.23. The Hall–Kier alpha value is -2.35. The summed E-state index contributed by atoms with van der Waals surface area (Å²) in [5.74, 6) is 0.886. The molecule has 0 saturated carbocycles. The predicted molar refractivity (Wildman–Crippen MR) is 70.8 cm³/mol. The molecule has 0 spiro atoms. The van der Waals surface area contributed by atoms with Gasteiger partial charge in [-0.25, -0.2) is 4.52 Å². The van der Waals surface area contributed by atoms with E-state index in [1.807, 2.05) is 55.6 Å². The lowest BCUT2D eigenvalue weighted by Gasteiger charge is -1.89. The minimum atomic E-state index is 0.886. The van der Waals surface area contributed by atoms with Crippen LogP contribution in [0.25, 0.3) is 22.6 Å². The average Bonchev–Trinajstić information content (AvgIpc) is 2.83. The quantitative estimate of drug-likeness (QED) is 0.623. The molecule has 1 heterocycles. The van der Waals surface area contributed by atoms with E-state index in [0.717, 1.165) is 22.6 Å². The van der Waals surface area contributed by atoms with Crippen LogP contribution in [0.4, 0.5) is 0 Å². The number of benzene rings is 2. The SMILES string of the molecule is C[n+]1oc(-c2ccccc2)cc1-c1ccccc1. The zero-order chi connectivity index (χ0) is 12.4. The number of nitrogens with zero attached hydrogens (tertiary/aromatic N) is 1. The molecular formula is C16H14NO+. The van der Waals surface area contributed by atoms with Crippen LogP contribution < -0.4 is 4.74 Å². The maximum atomic E-state index is 5.77. The number of hydrogen-bond donors (Lipinski definition) is 0. The van der Waals surface area contributed by atoms with Crippen LogP contribution >= 0.6 is 0 Å². The average molecular weight is 236 g/mol. The minimum absolute atomic E-state index is 0.886. The molecule has 0 bridgehead atoms. The highest BCUT2D eigenvalue weighted by molar-refractivity contribution is 5.64. The Labute approximate surface area is 106 Å². The first-order valence-electron chi connectivity index (χ1n) is 5.96. The molecule has 18 heavy (non-hydrogen) atoms. The van der Waals surface area contributed by atoms with Gasteiger partial charge >= 0.3 is 0 Å². The van der Waals surface area contributed by atoms with Crippen molar-refractivity contribution in [2.24, 2.45) is 7.05 Å². The summed E-state index contributed by atoms with van der Waals surface area (Å²) in [5.41, 5.74) is 3.33. The molecule has 2 aromatic carbocycles. The molecule has 0 radical (unpaired) electrons. The lowest BCUT2D eigenvalue weighted by Crippen LogP contribution is -2.26. The smallest absolute Gasteiger partial charge is 0.236 e. The maximum absolute atomic E-state index is 5.77. The lowest BCUT2D eigenvalue weighted by atomic mass is 10.1. The molecule has 1 aromatic heterocycles. The van der Waals surface area contributed by atoms with Gasteiger partial charge in [0.05, 0.1) is 11.6 Å². The summed E-state index contributed by atoms with van der Waals surface area (Å²) in [4.78, 5) is 0. The van der Waals surface area contributed by atoms with Gasteiger partial charge in [-0.1, -0.05) is 48.5 Å². The van der Waals surface area contributed by atoms with Crippen molar-refractivity contribution in [3.63, 3.8) is 0 Å². The zero-order valence-electron chi connectivity index (χ0n) is 10.2. The van der Waals surface area contributed by atoms with Crippen LogP contribution in [0, 0.1) is 0 Å².